The lowest BCUT2D eigenvalue weighted by Gasteiger charge is -2.32. The highest BCUT2D eigenvalue weighted by molar-refractivity contribution is 5.86. The van der Waals surface area contributed by atoms with Crippen LogP contribution >= 0.6 is 0 Å². The van der Waals surface area contributed by atoms with Crippen molar-refractivity contribution in [2.24, 2.45) is 0 Å². The van der Waals surface area contributed by atoms with Crippen molar-refractivity contribution in [3.63, 3.8) is 0 Å². The highest BCUT2D eigenvalue weighted by atomic mass is 19.4. The van der Waals surface area contributed by atoms with Crippen molar-refractivity contribution in [1.82, 2.24) is 14.9 Å². The molecule has 1 aromatic heterocycles. The predicted octanol–water partition coefficient (Wildman–Crippen LogP) is 1.61. The Kier molecular flexibility index (Phi) is 4.61. The second-order valence-corrected chi connectivity index (χ2v) is 4.90. The minimum absolute atomic E-state index is 0.0222. The van der Waals surface area contributed by atoms with Gasteiger partial charge in [-0.3, -0.25) is 4.90 Å². The zero-order valence-electron chi connectivity index (χ0n) is 11.1. The van der Waals surface area contributed by atoms with E-state index in [1.54, 1.807) is 0 Å². The third kappa shape index (κ3) is 4.85. The Hall–Kier alpha value is -1.90. The molecule has 0 saturated carbocycles. The summed E-state index contributed by atoms with van der Waals surface area (Å²) in [6.07, 6.45) is -1.95. The zero-order valence-corrected chi connectivity index (χ0v) is 11.1. The topological polar surface area (TPSA) is 78.4 Å². The van der Waals surface area contributed by atoms with Crippen LogP contribution in [0.4, 0.5) is 19.0 Å². The van der Waals surface area contributed by atoms with E-state index in [4.69, 9.17) is 5.11 Å². The molecule has 0 bridgehead atoms. The summed E-state index contributed by atoms with van der Waals surface area (Å²) in [7, 11) is 0. The van der Waals surface area contributed by atoms with Crippen LogP contribution in [0.15, 0.2) is 12.4 Å². The fourth-order valence-corrected chi connectivity index (χ4v) is 2.25. The van der Waals surface area contributed by atoms with Crippen LogP contribution in [0.25, 0.3) is 0 Å². The molecule has 0 aromatic carbocycles. The molecule has 1 aromatic rings. The number of alkyl halides is 3. The fraction of sp³-hybridized carbons (Fsp3) is 0.583. The minimum atomic E-state index is -4.18. The number of carboxylic acids is 1. The molecule has 9 heteroatoms. The van der Waals surface area contributed by atoms with Gasteiger partial charge in [-0.1, -0.05) is 0 Å². The third-order valence-electron chi connectivity index (χ3n) is 3.23. The molecule has 1 saturated heterocycles. The molecule has 6 nitrogen and oxygen atoms in total. The van der Waals surface area contributed by atoms with Crippen molar-refractivity contribution >= 4 is 11.8 Å². The summed E-state index contributed by atoms with van der Waals surface area (Å²) in [5.41, 5.74) is -0.123. The monoisotopic (exact) mass is 304 g/mol. The Morgan fingerprint density at radius 3 is 2.62 bits per heavy atom. The Bertz CT molecular complexity index is 502. The van der Waals surface area contributed by atoms with Gasteiger partial charge in [0.25, 0.3) is 0 Å². The summed E-state index contributed by atoms with van der Waals surface area (Å²) in [4.78, 5) is 19.7. The number of hydrogen-bond acceptors (Lipinski definition) is 5. The van der Waals surface area contributed by atoms with E-state index >= 15 is 0 Å². The normalized spacial score (nSPS) is 17.7. The number of piperidine rings is 1. The van der Waals surface area contributed by atoms with Crippen molar-refractivity contribution in [2.45, 2.75) is 25.1 Å². The van der Waals surface area contributed by atoms with Crippen LogP contribution in [0.2, 0.25) is 0 Å². The van der Waals surface area contributed by atoms with E-state index in [1.807, 2.05) is 0 Å². The second kappa shape index (κ2) is 6.25. The molecule has 0 aliphatic carbocycles. The lowest BCUT2D eigenvalue weighted by molar-refractivity contribution is -0.147. The van der Waals surface area contributed by atoms with E-state index in [0.29, 0.717) is 31.7 Å². The Morgan fingerprint density at radius 1 is 1.38 bits per heavy atom. The van der Waals surface area contributed by atoms with E-state index in [2.05, 4.69) is 15.3 Å². The Labute approximate surface area is 119 Å². The summed E-state index contributed by atoms with van der Waals surface area (Å²) in [5, 5.41) is 11.9. The van der Waals surface area contributed by atoms with Gasteiger partial charge < -0.3 is 10.4 Å². The minimum Gasteiger partial charge on any atom is -0.477 e. The molecule has 0 radical (unpaired) electrons. The van der Waals surface area contributed by atoms with Crippen LogP contribution in [0, 0.1) is 0 Å². The standard InChI is InChI=1S/C12H15F3N4O2/c13-12(14,15)6-19-3-1-8(2-4-19)18-10-5-9(11(20)21)16-7-17-10/h5,7-8H,1-4,6H2,(H,20,21)(H,16,17,18). The van der Waals surface area contributed by atoms with Gasteiger partial charge in [0.2, 0.25) is 0 Å². The van der Waals surface area contributed by atoms with E-state index in [-0.39, 0.29) is 11.7 Å². The molecular formula is C12H15F3N4O2. The third-order valence-corrected chi connectivity index (χ3v) is 3.23. The Morgan fingerprint density at radius 2 is 2.05 bits per heavy atom. The first-order valence-corrected chi connectivity index (χ1v) is 6.44. The number of halogens is 3. The van der Waals surface area contributed by atoms with E-state index in [1.165, 1.54) is 11.0 Å². The zero-order chi connectivity index (χ0) is 15.5. The summed E-state index contributed by atoms with van der Waals surface area (Å²) in [5.74, 6) is -0.780. The number of likely N-dealkylation sites (tertiary alicyclic amines) is 1. The molecule has 1 aliphatic heterocycles. The number of anilines is 1. The van der Waals surface area contributed by atoms with Crippen LogP contribution in [0.5, 0.6) is 0 Å². The molecule has 1 fully saturated rings. The highest BCUT2D eigenvalue weighted by Gasteiger charge is 2.32. The van der Waals surface area contributed by atoms with Gasteiger partial charge >= 0.3 is 12.1 Å². The van der Waals surface area contributed by atoms with Gasteiger partial charge in [-0.15, -0.1) is 0 Å². The lowest BCUT2D eigenvalue weighted by Crippen LogP contribution is -2.43. The number of carbonyl (C=O) groups is 1. The molecule has 0 amide bonds. The molecule has 0 atom stereocenters. The van der Waals surface area contributed by atoms with Gasteiger partial charge in [0.05, 0.1) is 6.54 Å². The van der Waals surface area contributed by atoms with E-state index < -0.39 is 18.7 Å². The average Bonchev–Trinajstić information content (AvgIpc) is 2.40. The van der Waals surface area contributed by atoms with E-state index in [9.17, 15) is 18.0 Å². The van der Waals surface area contributed by atoms with Crippen LogP contribution < -0.4 is 5.32 Å². The molecular weight excluding hydrogens is 289 g/mol. The summed E-state index contributed by atoms with van der Waals surface area (Å²) >= 11 is 0. The molecule has 2 N–H and O–H groups in total. The van der Waals surface area contributed by atoms with Gasteiger partial charge in [0.1, 0.15) is 12.1 Å². The quantitative estimate of drug-likeness (QED) is 0.880. The Balaban J connectivity index is 1.86. The highest BCUT2D eigenvalue weighted by Crippen LogP contribution is 2.21. The van der Waals surface area contributed by atoms with Crippen LogP contribution in [-0.4, -0.2) is 57.8 Å². The van der Waals surface area contributed by atoms with Gasteiger partial charge in [-0.05, 0) is 12.8 Å². The van der Waals surface area contributed by atoms with Crippen molar-refractivity contribution < 1.29 is 23.1 Å². The first-order chi connectivity index (χ1) is 9.83. The average molecular weight is 304 g/mol. The number of aromatic nitrogens is 2. The molecule has 21 heavy (non-hydrogen) atoms. The number of nitrogens with one attached hydrogen (secondary N) is 1. The van der Waals surface area contributed by atoms with Crippen molar-refractivity contribution in [2.75, 3.05) is 25.0 Å². The predicted molar refractivity (Wildman–Crippen MR) is 68.1 cm³/mol. The van der Waals surface area contributed by atoms with Crippen molar-refractivity contribution in [1.29, 1.82) is 0 Å². The molecule has 116 valence electrons. The number of carboxylic acid groups (broad SMARTS) is 1. The van der Waals surface area contributed by atoms with Gasteiger partial charge in [0.15, 0.2) is 5.69 Å². The van der Waals surface area contributed by atoms with Crippen molar-refractivity contribution in [3.05, 3.63) is 18.1 Å². The molecule has 1 aliphatic rings. The van der Waals surface area contributed by atoms with Gasteiger partial charge in [-0.25, -0.2) is 14.8 Å². The molecule has 2 heterocycles. The lowest BCUT2D eigenvalue weighted by atomic mass is 10.1. The summed E-state index contributed by atoms with van der Waals surface area (Å²) in [6.45, 7) is -0.210. The summed E-state index contributed by atoms with van der Waals surface area (Å²) in [6, 6.07) is 1.29. The van der Waals surface area contributed by atoms with Crippen LogP contribution in [-0.2, 0) is 0 Å². The molecule has 0 unspecified atom stereocenters. The maximum atomic E-state index is 12.3. The second-order valence-electron chi connectivity index (χ2n) is 4.90. The number of rotatable bonds is 4. The van der Waals surface area contributed by atoms with E-state index in [0.717, 1.165) is 6.33 Å². The number of nitrogens with zero attached hydrogens (tertiary/aromatic N) is 3. The van der Waals surface area contributed by atoms with Gasteiger partial charge in [-0.2, -0.15) is 13.2 Å². The van der Waals surface area contributed by atoms with Crippen LogP contribution in [0.3, 0.4) is 0 Å². The first kappa shape index (κ1) is 15.5. The fourth-order valence-electron chi connectivity index (χ4n) is 2.25. The van der Waals surface area contributed by atoms with Gasteiger partial charge in [0, 0.05) is 25.2 Å². The molecule has 2 rings (SSSR count). The number of hydrogen-bond donors (Lipinski definition) is 2. The largest absolute Gasteiger partial charge is 0.477 e. The smallest absolute Gasteiger partial charge is 0.401 e. The van der Waals surface area contributed by atoms with Crippen molar-refractivity contribution in [3.8, 4) is 0 Å². The molecule has 0 spiro atoms. The summed E-state index contributed by atoms with van der Waals surface area (Å²) < 4.78 is 36.8. The SMILES string of the molecule is O=C(O)c1cc(NC2CCN(CC(F)(F)F)CC2)ncn1. The first-order valence-electron chi connectivity index (χ1n) is 6.44. The van der Waals surface area contributed by atoms with Crippen LogP contribution in [0.1, 0.15) is 23.3 Å². The maximum absolute atomic E-state index is 12.3. The maximum Gasteiger partial charge on any atom is 0.401 e. The number of aromatic carboxylic acids is 1.